The van der Waals surface area contributed by atoms with E-state index in [9.17, 15) is 9.90 Å². The van der Waals surface area contributed by atoms with Gasteiger partial charge in [-0.25, -0.2) is 0 Å². The molecule has 1 aliphatic heterocycles. The minimum atomic E-state index is -0.612. The van der Waals surface area contributed by atoms with Crippen LogP contribution in [0.2, 0.25) is 0 Å². The van der Waals surface area contributed by atoms with E-state index in [2.05, 4.69) is 36.1 Å². The number of carbonyl (C=O) groups is 1. The van der Waals surface area contributed by atoms with Crippen LogP contribution < -0.4 is 0 Å². The summed E-state index contributed by atoms with van der Waals surface area (Å²) in [6.45, 7) is 6.96. The van der Waals surface area contributed by atoms with Crippen molar-refractivity contribution in [2.75, 3.05) is 25.4 Å². The second kappa shape index (κ2) is 7.32. The molecule has 0 atom stereocenters. The van der Waals surface area contributed by atoms with Crippen LogP contribution in [0.4, 0.5) is 0 Å². The fourth-order valence-corrected chi connectivity index (χ4v) is 3.76. The highest BCUT2D eigenvalue weighted by Crippen LogP contribution is 2.35. The second-order valence-corrected chi connectivity index (χ2v) is 7.11. The maximum atomic E-state index is 11.4. The average Bonchev–Trinajstić information content (AvgIpc) is 2.50. The Balaban J connectivity index is 1.74. The molecular weight excluding hydrogens is 282 g/mol. The van der Waals surface area contributed by atoms with Gasteiger partial charge in [0.1, 0.15) is 0 Å². The minimum Gasteiger partial charge on any atom is -0.481 e. The van der Waals surface area contributed by atoms with Gasteiger partial charge in [-0.15, -0.1) is 11.8 Å². The van der Waals surface area contributed by atoms with Gasteiger partial charge in [-0.05, 0) is 51.4 Å². The molecule has 1 aliphatic rings. The van der Waals surface area contributed by atoms with Gasteiger partial charge in [-0.3, -0.25) is 4.79 Å². The molecule has 0 amide bonds. The fraction of sp³-hybridized carbons (Fsp3) is 0.588. The van der Waals surface area contributed by atoms with E-state index in [1.807, 2.05) is 18.7 Å². The number of rotatable bonds is 6. The summed E-state index contributed by atoms with van der Waals surface area (Å²) in [7, 11) is 0. The summed E-state index contributed by atoms with van der Waals surface area (Å²) in [4.78, 5) is 15.1. The molecule has 116 valence electrons. The Morgan fingerprint density at radius 1 is 1.29 bits per heavy atom. The number of carboxylic acid groups (broad SMARTS) is 1. The van der Waals surface area contributed by atoms with E-state index in [0.717, 1.165) is 44.6 Å². The molecule has 21 heavy (non-hydrogen) atoms. The zero-order chi connectivity index (χ0) is 15.3. The van der Waals surface area contributed by atoms with E-state index < -0.39 is 11.4 Å². The number of piperidine rings is 1. The lowest BCUT2D eigenvalue weighted by Crippen LogP contribution is -2.44. The van der Waals surface area contributed by atoms with Gasteiger partial charge in [0.25, 0.3) is 0 Å². The summed E-state index contributed by atoms with van der Waals surface area (Å²) in [5.41, 5.74) is 0.820. The number of thioether (sulfide) groups is 1. The Morgan fingerprint density at radius 3 is 2.43 bits per heavy atom. The molecule has 3 nitrogen and oxygen atoms in total. The van der Waals surface area contributed by atoms with Crippen LogP contribution in [0, 0.1) is 12.3 Å². The Bertz CT molecular complexity index is 464. The van der Waals surface area contributed by atoms with Gasteiger partial charge in [0, 0.05) is 17.2 Å². The predicted molar refractivity (Wildman–Crippen MR) is 87.9 cm³/mol. The summed E-state index contributed by atoms with van der Waals surface area (Å²) in [6, 6.07) is 8.63. The van der Waals surface area contributed by atoms with Crippen molar-refractivity contribution in [2.24, 2.45) is 5.41 Å². The molecule has 1 saturated heterocycles. The molecule has 1 N–H and O–H groups in total. The van der Waals surface area contributed by atoms with Crippen LogP contribution in [0.15, 0.2) is 29.2 Å². The summed E-state index contributed by atoms with van der Waals surface area (Å²) in [6.07, 6.45) is 2.32. The Kier molecular flexibility index (Phi) is 5.71. The van der Waals surface area contributed by atoms with Crippen molar-refractivity contribution in [3.63, 3.8) is 0 Å². The number of aliphatic carboxylic acids is 1. The van der Waals surface area contributed by atoms with Crippen molar-refractivity contribution in [1.29, 1.82) is 0 Å². The Labute approximate surface area is 131 Å². The summed E-state index contributed by atoms with van der Waals surface area (Å²) in [5.74, 6) is 0.452. The number of benzene rings is 1. The van der Waals surface area contributed by atoms with Crippen LogP contribution in [0.3, 0.4) is 0 Å². The van der Waals surface area contributed by atoms with Gasteiger partial charge < -0.3 is 10.0 Å². The first-order chi connectivity index (χ1) is 10.1. The van der Waals surface area contributed by atoms with E-state index in [1.165, 1.54) is 10.5 Å². The number of carboxylic acids is 1. The Morgan fingerprint density at radius 2 is 1.90 bits per heavy atom. The largest absolute Gasteiger partial charge is 0.481 e. The topological polar surface area (TPSA) is 40.5 Å². The lowest BCUT2D eigenvalue weighted by atomic mass is 9.76. The highest BCUT2D eigenvalue weighted by atomic mass is 32.2. The van der Waals surface area contributed by atoms with Gasteiger partial charge in [-0.1, -0.05) is 24.6 Å². The smallest absolute Gasteiger partial charge is 0.309 e. The Hall–Kier alpha value is -1.00. The normalized spacial score (nSPS) is 18.6. The highest BCUT2D eigenvalue weighted by molar-refractivity contribution is 7.99. The van der Waals surface area contributed by atoms with Crippen LogP contribution in [-0.4, -0.2) is 41.4 Å². The lowest BCUT2D eigenvalue weighted by molar-refractivity contribution is -0.152. The molecule has 1 aromatic rings. The zero-order valence-corrected chi connectivity index (χ0v) is 13.8. The average molecular weight is 307 g/mol. The zero-order valence-electron chi connectivity index (χ0n) is 13.0. The number of nitrogens with zero attached hydrogens (tertiary/aromatic N) is 1. The first-order valence-electron chi connectivity index (χ1n) is 7.71. The molecule has 0 bridgehead atoms. The maximum absolute atomic E-state index is 11.4. The van der Waals surface area contributed by atoms with Crippen LogP contribution in [0.1, 0.15) is 31.7 Å². The molecule has 1 heterocycles. The van der Waals surface area contributed by atoms with Gasteiger partial charge >= 0.3 is 5.97 Å². The van der Waals surface area contributed by atoms with Crippen LogP contribution in [-0.2, 0) is 4.79 Å². The molecule has 0 saturated carbocycles. The highest BCUT2D eigenvalue weighted by Gasteiger charge is 2.39. The molecular formula is C17H25NO2S. The maximum Gasteiger partial charge on any atom is 0.309 e. The molecule has 0 spiro atoms. The number of hydrogen-bond donors (Lipinski definition) is 1. The van der Waals surface area contributed by atoms with E-state index in [1.54, 1.807) is 0 Å². The quantitative estimate of drug-likeness (QED) is 0.814. The van der Waals surface area contributed by atoms with E-state index >= 15 is 0 Å². The SMILES string of the molecule is CCC1(C(=O)O)CCN(CCSc2ccc(C)cc2)CC1. The van der Waals surface area contributed by atoms with Crippen LogP contribution >= 0.6 is 11.8 Å². The van der Waals surface area contributed by atoms with Crippen molar-refractivity contribution in [3.8, 4) is 0 Å². The molecule has 0 aromatic heterocycles. The molecule has 0 unspecified atom stereocenters. The summed E-state index contributed by atoms with van der Waals surface area (Å²) >= 11 is 1.88. The third-order valence-electron chi connectivity index (χ3n) is 4.64. The lowest BCUT2D eigenvalue weighted by Gasteiger charge is -2.38. The van der Waals surface area contributed by atoms with Crippen molar-refractivity contribution >= 4 is 17.7 Å². The first kappa shape index (κ1) is 16.4. The third kappa shape index (κ3) is 4.24. The van der Waals surface area contributed by atoms with Crippen molar-refractivity contribution in [2.45, 2.75) is 38.0 Å². The van der Waals surface area contributed by atoms with Crippen molar-refractivity contribution in [1.82, 2.24) is 4.90 Å². The summed E-state index contributed by atoms with van der Waals surface area (Å²) in [5, 5.41) is 9.40. The van der Waals surface area contributed by atoms with E-state index in [0.29, 0.717) is 0 Å². The van der Waals surface area contributed by atoms with Gasteiger partial charge in [-0.2, -0.15) is 0 Å². The van der Waals surface area contributed by atoms with E-state index in [-0.39, 0.29) is 0 Å². The standard InChI is InChI=1S/C17H25NO2S/c1-3-17(16(19)20)8-10-18(11-9-17)12-13-21-15-6-4-14(2)5-7-15/h4-7H,3,8-13H2,1-2H3,(H,19,20). The minimum absolute atomic E-state index is 0.472. The van der Waals surface area contributed by atoms with E-state index in [4.69, 9.17) is 0 Å². The van der Waals surface area contributed by atoms with Crippen LogP contribution in [0.5, 0.6) is 0 Å². The molecule has 2 rings (SSSR count). The number of hydrogen-bond acceptors (Lipinski definition) is 3. The monoisotopic (exact) mass is 307 g/mol. The van der Waals surface area contributed by atoms with Crippen LogP contribution in [0.25, 0.3) is 0 Å². The van der Waals surface area contributed by atoms with Crippen molar-refractivity contribution < 1.29 is 9.90 Å². The molecule has 1 aromatic carbocycles. The van der Waals surface area contributed by atoms with Gasteiger partial charge in [0.2, 0.25) is 0 Å². The second-order valence-electron chi connectivity index (χ2n) is 5.94. The fourth-order valence-electron chi connectivity index (χ4n) is 2.85. The molecule has 0 aliphatic carbocycles. The van der Waals surface area contributed by atoms with Crippen molar-refractivity contribution in [3.05, 3.63) is 29.8 Å². The first-order valence-corrected chi connectivity index (χ1v) is 8.69. The number of likely N-dealkylation sites (tertiary alicyclic amines) is 1. The predicted octanol–water partition coefficient (Wildman–Crippen LogP) is 3.66. The summed E-state index contributed by atoms with van der Waals surface area (Å²) < 4.78 is 0. The number of aryl methyl sites for hydroxylation is 1. The molecule has 1 fully saturated rings. The van der Waals surface area contributed by atoms with Gasteiger partial charge in [0.05, 0.1) is 5.41 Å². The van der Waals surface area contributed by atoms with Gasteiger partial charge in [0.15, 0.2) is 0 Å². The molecule has 0 radical (unpaired) electrons. The third-order valence-corrected chi connectivity index (χ3v) is 5.63. The molecule has 4 heteroatoms.